The molecule has 6 nitrogen and oxygen atoms in total. The Hall–Kier alpha value is -1.70. The molecule has 7 heteroatoms. The number of carbonyl (C=O) groups excluding carboxylic acids is 1. The molecule has 1 aromatic carbocycles. The fourth-order valence-electron chi connectivity index (χ4n) is 4.13. The van der Waals surface area contributed by atoms with Gasteiger partial charge >= 0.3 is 0 Å². The van der Waals surface area contributed by atoms with Crippen LogP contribution in [0.15, 0.2) is 18.2 Å². The number of rotatable bonds is 7. The van der Waals surface area contributed by atoms with Gasteiger partial charge in [0, 0.05) is 38.6 Å². The van der Waals surface area contributed by atoms with Crippen LogP contribution < -0.4 is 10.2 Å². The summed E-state index contributed by atoms with van der Waals surface area (Å²) in [4.78, 5) is 22.1. The monoisotopic (exact) mass is 416 g/mol. The Morgan fingerprint density at radius 1 is 1.24 bits per heavy atom. The van der Waals surface area contributed by atoms with Crippen LogP contribution in [0.1, 0.15) is 31.7 Å². The molecule has 2 saturated heterocycles. The number of anilines is 1. The predicted molar refractivity (Wildman–Crippen MR) is 119 cm³/mol. The summed E-state index contributed by atoms with van der Waals surface area (Å²) in [5.74, 6) is 0.360. The number of amides is 1. The molecule has 2 aliphatic heterocycles. The maximum absolute atomic E-state index is 12.5. The molecule has 0 unspecified atom stereocenters. The second-order valence-corrected chi connectivity index (χ2v) is 9.02. The summed E-state index contributed by atoms with van der Waals surface area (Å²) in [6.07, 6.45) is 3.88. The Bertz CT molecular complexity index is 810. The van der Waals surface area contributed by atoms with E-state index in [1.54, 1.807) is 11.3 Å². The second kappa shape index (κ2) is 9.87. The minimum atomic E-state index is 0.135. The van der Waals surface area contributed by atoms with Gasteiger partial charge in [0.15, 0.2) is 5.13 Å². The van der Waals surface area contributed by atoms with Gasteiger partial charge < -0.3 is 15.0 Å². The Morgan fingerprint density at radius 2 is 2.03 bits per heavy atom. The first kappa shape index (κ1) is 20.6. The molecular formula is C22H32N4O2S. The maximum atomic E-state index is 12.5. The van der Waals surface area contributed by atoms with Gasteiger partial charge in [0.1, 0.15) is 0 Å². The SMILES string of the molecule is CCc1ccc2nc(N3CCC(C(=O)NCCCN4CCOCC4)CC3)sc2c1. The number of hydrogen-bond acceptors (Lipinski definition) is 6. The Kier molecular flexibility index (Phi) is 7.00. The molecular weight excluding hydrogens is 384 g/mol. The van der Waals surface area contributed by atoms with Crippen molar-refractivity contribution in [3.05, 3.63) is 23.8 Å². The molecule has 4 rings (SSSR count). The normalized spacial score (nSPS) is 19.0. The number of nitrogens with one attached hydrogen (secondary N) is 1. The Labute approximate surface area is 177 Å². The molecule has 2 aromatic rings. The van der Waals surface area contributed by atoms with Gasteiger partial charge in [-0.25, -0.2) is 4.98 Å². The van der Waals surface area contributed by atoms with Crippen LogP contribution in [0.25, 0.3) is 10.2 Å². The lowest BCUT2D eigenvalue weighted by molar-refractivity contribution is -0.125. The molecule has 0 saturated carbocycles. The first-order valence-corrected chi connectivity index (χ1v) is 11.8. The first-order valence-electron chi connectivity index (χ1n) is 10.9. The number of thiazole rings is 1. The molecule has 2 aliphatic rings. The molecule has 0 aliphatic carbocycles. The van der Waals surface area contributed by atoms with Crippen molar-refractivity contribution in [3.8, 4) is 0 Å². The van der Waals surface area contributed by atoms with Gasteiger partial charge in [0.05, 0.1) is 23.4 Å². The van der Waals surface area contributed by atoms with Crippen LogP contribution in [0.5, 0.6) is 0 Å². The largest absolute Gasteiger partial charge is 0.379 e. The number of ether oxygens (including phenoxy) is 1. The fourth-order valence-corrected chi connectivity index (χ4v) is 5.21. The highest BCUT2D eigenvalue weighted by molar-refractivity contribution is 7.22. The zero-order valence-corrected chi connectivity index (χ0v) is 18.2. The number of carbonyl (C=O) groups is 1. The van der Waals surface area contributed by atoms with Crippen molar-refractivity contribution >= 4 is 32.6 Å². The topological polar surface area (TPSA) is 57.7 Å². The lowest BCUT2D eigenvalue weighted by atomic mass is 9.96. The van der Waals surface area contributed by atoms with Crippen LogP contribution in [0, 0.1) is 5.92 Å². The van der Waals surface area contributed by atoms with E-state index in [1.165, 1.54) is 10.3 Å². The third kappa shape index (κ3) is 5.27. The van der Waals surface area contributed by atoms with Gasteiger partial charge in [-0.05, 0) is 49.9 Å². The molecule has 1 aromatic heterocycles. The van der Waals surface area contributed by atoms with Crippen molar-refractivity contribution in [3.63, 3.8) is 0 Å². The number of aromatic nitrogens is 1. The third-order valence-electron chi connectivity index (χ3n) is 6.04. The zero-order valence-electron chi connectivity index (χ0n) is 17.4. The van der Waals surface area contributed by atoms with E-state index < -0.39 is 0 Å². The van der Waals surface area contributed by atoms with Gasteiger partial charge in [0.2, 0.25) is 5.91 Å². The van der Waals surface area contributed by atoms with Crippen molar-refractivity contribution < 1.29 is 9.53 Å². The second-order valence-electron chi connectivity index (χ2n) is 8.01. The first-order chi connectivity index (χ1) is 14.2. The molecule has 0 atom stereocenters. The van der Waals surface area contributed by atoms with E-state index in [-0.39, 0.29) is 11.8 Å². The third-order valence-corrected chi connectivity index (χ3v) is 7.12. The molecule has 1 N–H and O–H groups in total. The lowest BCUT2D eigenvalue weighted by Crippen LogP contribution is -2.41. The van der Waals surface area contributed by atoms with Gasteiger partial charge in [-0.3, -0.25) is 9.69 Å². The molecule has 29 heavy (non-hydrogen) atoms. The summed E-state index contributed by atoms with van der Waals surface area (Å²) in [6.45, 7) is 9.50. The highest BCUT2D eigenvalue weighted by Gasteiger charge is 2.26. The summed E-state index contributed by atoms with van der Waals surface area (Å²) in [7, 11) is 0. The van der Waals surface area contributed by atoms with Crippen LogP contribution in [0.3, 0.4) is 0 Å². The molecule has 3 heterocycles. The molecule has 158 valence electrons. The smallest absolute Gasteiger partial charge is 0.223 e. The van der Waals surface area contributed by atoms with Crippen LogP contribution in [0.4, 0.5) is 5.13 Å². The van der Waals surface area contributed by atoms with E-state index in [0.29, 0.717) is 0 Å². The average molecular weight is 417 g/mol. The van der Waals surface area contributed by atoms with Gasteiger partial charge in [-0.2, -0.15) is 0 Å². The van der Waals surface area contributed by atoms with E-state index in [9.17, 15) is 4.79 Å². The molecule has 0 radical (unpaired) electrons. The van der Waals surface area contributed by atoms with Crippen LogP contribution in [-0.2, 0) is 16.0 Å². The Morgan fingerprint density at radius 3 is 2.79 bits per heavy atom. The molecule has 0 spiro atoms. The molecule has 1 amide bonds. The van der Waals surface area contributed by atoms with Crippen molar-refractivity contribution in [2.24, 2.45) is 5.92 Å². The summed E-state index contributed by atoms with van der Waals surface area (Å²) < 4.78 is 6.64. The predicted octanol–water partition coefficient (Wildman–Crippen LogP) is 2.91. The number of benzene rings is 1. The maximum Gasteiger partial charge on any atom is 0.223 e. The van der Waals surface area contributed by atoms with E-state index in [2.05, 4.69) is 40.2 Å². The summed E-state index contributed by atoms with van der Waals surface area (Å²) in [5.41, 5.74) is 2.44. The number of morpholine rings is 1. The molecule has 0 bridgehead atoms. The highest BCUT2D eigenvalue weighted by Crippen LogP contribution is 2.32. The van der Waals surface area contributed by atoms with Crippen molar-refractivity contribution in [1.29, 1.82) is 0 Å². The van der Waals surface area contributed by atoms with Gasteiger partial charge in [0.25, 0.3) is 0 Å². The average Bonchev–Trinajstić information content (AvgIpc) is 3.20. The Balaban J connectivity index is 1.21. The van der Waals surface area contributed by atoms with E-state index in [4.69, 9.17) is 9.72 Å². The number of piperidine rings is 1. The van der Waals surface area contributed by atoms with Crippen LogP contribution in [0.2, 0.25) is 0 Å². The lowest BCUT2D eigenvalue weighted by Gasteiger charge is -2.31. The molecule has 2 fully saturated rings. The fraction of sp³-hybridized carbons (Fsp3) is 0.636. The van der Waals surface area contributed by atoms with Crippen LogP contribution in [-0.4, -0.2) is 68.3 Å². The number of nitrogens with zero attached hydrogens (tertiary/aromatic N) is 3. The standard InChI is InChI=1S/C22H32N4O2S/c1-2-17-4-5-19-20(16-17)29-22(24-19)26-10-6-18(7-11-26)21(27)23-8-3-9-25-12-14-28-15-13-25/h4-5,16,18H,2-3,6-15H2,1H3,(H,23,27). The number of hydrogen-bond donors (Lipinski definition) is 1. The summed E-state index contributed by atoms with van der Waals surface area (Å²) >= 11 is 1.77. The van der Waals surface area contributed by atoms with Gasteiger partial charge in [-0.15, -0.1) is 0 Å². The minimum absolute atomic E-state index is 0.135. The van der Waals surface area contributed by atoms with E-state index >= 15 is 0 Å². The summed E-state index contributed by atoms with van der Waals surface area (Å²) in [5, 5.41) is 4.25. The number of fused-ring (bicyclic) bond motifs is 1. The quantitative estimate of drug-likeness (QED) is 0.704. The van der Waals surface area contributed by atoms with Crippen LogP contribution >= 0.6 is 11.3 Å². The minimum Gasteiger partial charge on any atom is -0.379 e. The number of aryl methyl sites for hydroxylation is 1. The van der Waals surface area contributed by atoms with Crippen molar-refractivity contribution in [1.82, 2.24) is 15.2 Å². The zero-order chi connectivity index (χ0) is 20.1. The van der Waals surface area contributed by atoms with Gasteiger partial charge in [-0.1, -0.05) is 24.3 Å². The highest BCUT2D eigenvalue weighted by atomic mass is 32.1. The van der Waals surface area contributed by atoms with E-state index in [0.717, 1.165) is 88.8 Å². The summed E-state index contributed by atoms with van der Waals surface area (Å²) in [6, 6.07) is 6.56. The van der Waals surface area contributed by atoms with Crippen molar-refractivity contribution in [2.45, 2.75) is 32.6 Å². The van der Waals surface area contributed by atoms with Crippen molar-refractivity contribution in [2.75, 3.05) is 57.4 Å². The van der Waals surface area contributed by atoms with E-state index in [1.807, 2.05) is 0 Å².